The number of carbonyl (C=O) groups is 1. The maximum atomic E-state index is 13.5. The van der Waals surface area contributed by atoms with Gasteiger partial charge in [-0.1, -0.05) is 30.3 Å². The Kier molecular flexibility index (Phi) is 3.64. The molecule has 0 bridgehead atoms. The summed E-state index contributed by atoms with van der Waals surface area (Å²) in [5, 5.41) is 13.1. The molecule has 3 heterocycles. The Morgan fingerprint density at radius 2 is 1.89 bits per heavy atom. The molecular weight excluding hydrogens is 336 g/mol. The molecule has 1 N–H and O–H groups in total. The van der Waals surface area contributed by atoms with Crippen LogP contribution in [0.4, 0.5) is 5.82 Å². The minimum Gasteiger partial charge on any atom is -0.343 e. The summed E-state index contributed by atoms with van der Waals surface area (Å²) in [6, 6.07) is 13.9. The maximum Gasteiger partial charge on any atom is 0.252 e. The second-order valence-electron chi connectivity index (χ2n) is 8.02. The van der Waals surface area contributed by atoms with Crippen LogP contribution < -0.4 is 5.32 Å². The average Bonchev–Trinajstić information content (AvgIpc) is 2.66. The zero-order valence-electron chi connectivity index (χ0n) is 16.0. The number of amides is 1. The van der Waals surface area contributed by atoms with Crippen LogP contribution in [0.25, 0.3) is 0 Å². The van der Waals surface area contributed by atoms with Crippen LogP contribution in [0.2, 0.25) is 0 Å². The number of hydrogen-bond acceptors (Lipinski definition) is 4. The topological polar surface area (TPSA) is 69.0 Å². The number of nitrogens with zero attached hydrogens (tertiary/aromatic N) is 3. The average molecular weight is 358 g/mol. The van der Waals surface area contributed by atoms with Gasteiger partial charge in [0.1, 0.15) is 5.82 Å². The van der Waals surface area contributed by atoms with E-state index in [1.165, 1.54) is 0 Å². The number of nitrogens with one attached hydrogen (secondary N) is 1. The monoisotopic (exact) mass is 358 g/mol. The predicted octanol–water partition coefficient (Wildman–Crippen LogP) is 3.58. The second-order valence-corrected chi connectivity index (χ2v) is 8.02. The highest BCUT2D eigenvalue weighted by Crippen LogP contribution is 2.51. The van der Waals surface area contributed by atoms with E-state index < -0.39 is 5.41 Å². The van der Waals surface area contributed by atoms with Gasteiger partial charge in [0.2, 0.25) is 0 Å². The third kappa shape index (κ3) is 2.30. The first kappa shape index (κ1) is 17.3. The fourth-order valence-corrected chi connectivity index (χ4v) is 4.32. The van der Waals surface area contributed by atoms with Crippen molar-refractivity contribution in [2.45, 2.75) is 38.1 Å². The molecule has 1 atom stereocenters. The number of nitriles is 1. The van der Waals surface area contributed by atoms with Crippen molar-refractivity contribution in [1.29, 1.82) is 5.26 Å². The van der Waals surface area contributed by atoms with Gasteiger partial charge in [0.15, 0.2) is 0 Å². The van der Waals surface area contributed by atoms with Crippen molar-refractivity contribution in [2.75, 3.05) is 12.4 Å². The Morgan fingerprint density at radius 3 is 2.56 bits per heavy atom. The molecule has 0 saturated carbocycles. The van der Waals surface area contributed by atoms with Gasteiger partial charge in [0, 0.05) is 36.5 Å². The van der Waals surface area contributed by atoms with Gasteiger partial charge in [0.05, 0.1) is 22.6 Å². The molecule has 27 heavy (non-hydrogen) atoms. The first-order valence-electron chi connectivity index (χ1n) is 9.04. The highest BCUT2D eigenvalue weighted by molar-refractivity contribution is 6.01. The summed E-state index contributed by atoms with van der Waals surface area (Å²) >= 11 is 0. The highest BCUT2D eigenvalue weighted by Gasteiger charge is 2.50. The van der Waals surface area contributed by atoms with Gasteiger partial charge in [-0.25, -0.2) is 4.98 Å². The highest BCUT2D eigenvalue weighted by atomic mass is 16.2. The van der Waals surface area contributed by atoms with Crippen LogP contribution in [0, 0.1) is 11.3 Å². The molecule has 1 aromatic carbocycles. The van der Waals surface area contributed by atoms with Crippen molar-refractivity contribution in [2.24, 2.45) is 0 Å². The fourth-order valence-electron chi connectivity index (χ4n) is 4.32. The third-order valence-electron chi connectivity index (χ3n) is 6.03. The van der Waals surface area contributed by atoms with Crippen LogP contribution in [-0.2, 0) is 10.2 Å². The Bertz CT molecular complexity index is 1020. The molecule has 0 aliphatic carbocycles. The molecule has 0 spiro atoms. The molecule has 5 nitrogen and oxygen atoms in total. The lowest BCUT2D eigenvalue weighted by atomic mass is 9.64. The first-order valence-corrected chi connectivity index (χ1v) is 9.04. The van der Waals surface area contributed by atoms with Crippen molar-refractivity contribution in [3.63, 3.8) is 0 Å². The van der Waals surface area contributed by atoms with E-state index in [9.17, 15) is 10.1 Å². The number of rotatable bonds is 1. The summed E-state index contributed by atoms with van der Waals surface area (Å²) < 4.78 is 0. The van der Waals surface area contributed by atoms with Crippen molar-refractivity contribution in [3.05, 3.63) is 70.6 Å². The summed E-state index contributed by atoms with van der Waals surface area (Å²) in [6.07, 6.45) is 2.34. The van der Waals surface area contributed by atoms with Gasteiger partial charge in [-0.3, -0.25) is 4.79 Å². The number of anilines is 1. The molecule has 2 aliphatic rings. The molecule has 1 amide bonds. The van der Waals surface area contributed by atoms with Gasteiger partial charge < -0.3 is 10.2 Å². The maximum absolute atomic E-state index is 13.5. The summed E-state index contributed by atoms with van der Waals surface area (Å²) in [5.41, 5.74) is 2.82. The molecule has 1 unspecified atom stereocenters. The molecule has 5 heteroatoms. The minimum atomic E-state index is -0.752. The van der Waals surface area contributed by atoms with Crippen molar-refractivity contribution >= 4 is 11.7 Å². The molecule has 0 fully saturated rings. The second kappa shape index (κ2) is 5.68. The van der Waals surface area contributed by atoms with Crippen LogP contribution in [0.3, 0.4) is 0 Å². The summed E-state index contributed by atoms with van der Waals surface area (Å²) in [6.45, 7) is 6.15. The standard InChI is InChI=1S/C22H22N4O/c1-21(2)12-16-18(20(27)26(21)4)22(3,15-8-6-5-7-9-15)17-14(13-23)10-11-24-19(17)25-16/h5-11H,12H2,1-4H3,(H,24,25). The van der Waals surface area contributed by atoms with Gasteiger partial charge in [-0.05, 0) is 32.4 Å². The van der Waals surface area contributed by atoms with Crippen LogP contribution in [-0.4, -0.2) is 28.4 Å². The molecule has 0 saturated heterocycles. The van der Waals surface area contributed by atoms with Crippen molar-refractivity contribution in [3.8, 4) is 6.07 Å². The normalized spacial score (nSPS) is 23.2. The number of fused-ring (bicyclic) bond motifs is 1. The largest absolute Gasteiger partial charge is 0.343 e. The lowest BCUT2D eigenvalue weighted by molar-refractivity contribution is -0.132. The number of pyridine rings is 1. The molecule has 0 radical (unpaired) electrons. The summed E-state index contributed by atoms with van der Waals surface area (Å²) in [5.74, 6) is 0.644. The molecule has 4 rings (SSSR count). The van der Waals surface area contributed by atoms with Crippen LogP contribution >= 0.6 is 0 Å². The first-order chi connectivity index (χ1) is 12.8. The van der Waals surface area contributed by atoms with Crippen molar-refractivity contribution < 1.29 is 4.79 Å². The van der Waals surface area contributed by atoms with E-state index in [0.717, 1.165) is 16.8 Å². The number of aromatic nitrogens is 1. The smallest absolute Gasteiger partial charge is 0.252 e. The van der Waals surface area contributed by atoms with Crippen LogP contribution in [0.5, 0.6) is 0 Å². The lowest BCUT2D eigenvalue weighted by Crippen LogP contribution is -2.54. The van der Waals surface area contributed by atoms with E-state index >= 15 is 0 Å². The quantitative estimate of drug-likeness (QED) is 0.846. The van der Waals surface area contributed by atoms with E-state index in [2.05, 4.69) is 30.2 Å². The van der Waals surface area contributed by atoms with E-state index in [1.807, 2.05) is 49.2 Å². The van der Waals surface area contributed by atoms with E-state index in [-0.39, 0.29) is 11.4 Å². The summed E-state index contributed by atoms with van der Waals surface area (Å²) in [4.78, 5) is 19.8. The Morgan fingerprint density at radius 1 is 1.19 bits per heavy atom. The Labute approximate surface area is 159 Å². The Balaban J connectivity index is 2.09. The minimum absolute atomic E-state index is 0.0153. The number of hydrogen-bond donors (Lipinski definition) is 1. The van der Waals surface area contributed by atoms with Gasteiger partial charge >= 0.3 is 0 Å². The third-order valence-corrected chi connectivity index (χ3v) is 6.03. The zero-order chi connectivity index (χ0) is 19.4. The SMILES string of the molecule is CN1C(=O)C2=C(CC1(C)C)Nc1nccc(C#N)c1C2(C)c1ccccc1. The van der Waals surface area contributed by atoms with Crippen molar-refractivity contribution in [1.82, 2.24) is 9.88 Å². The Hall–Kier alpha value is -3.13. The fraction of sp³-hybridized carbons (Fsp3) is 0.318. The van der Waals surface area contributed by atoms with Crippen LogP contribution in [0.15, 0.2) is 53.9 Å². The van der Waals surface area contributed by atoms with E-state index in [1.54, 1.807) is 12.3 Å². The lowest BCUT2D eigenvalue weighted by Gasteiger charge is -2.48. The molecule has 2 aliphatic heterocycles. The van der Waals surface area contributed by atoms with Gasteiger partial charge in [0.25, 0.3) is 5.91 Å². The number of carbonyl (C=O) groups excluding carboxylic acids is 1. The number of benzene rings is 1. The van der Waals surface area contributed by atoms with E-state index in [4.69, 9.17) is 0 Å². The zero-order valence-corrected chi connectivity index (χ0v) is 16.0. The van der Waals surface area contributed by atoms with Crippen LogP contribution in [0.1, 0.15) is 43.9 Å². The molecular formula is C22H22N4O. The van der Waals surface area contributed by atoms with Gasteiger partial charge in [-0.2, -0.15) is 5.26 Å². The molecule has 1 aromatic heterocycles. The molecule has 136 valence electrons. The van der Waals surface area contributed by atoms with Gasteiger partial charge in [-0.15, -0.1) is 0 Å². The van der Waals surface area contributed by atoms with E-state index in [0.29, 0.717) is 23.4 Å². The predicted molar refractivity (Wildman–Crippen MR) is 104 cm³/mol. The molecule has 2 aromatic rings. The summed E-state index contributed by atoms with van der Waals surface area (Å²) in [7, 11) is 1.85. The number of likely N-dealkylation sites (N-methyl/N-ethyl adjacent to an activating group) is 1.